The van der Waals surface area contributed by atoms with Crippen LogP contribution in [0.5, 0.6) is 0 Å². The Morgan fingerprint density at radius 1 is 1.37 bits per heavy atom. The van der Waals surface area contributed by atoms with Crippen LogP contribution >= 0.6 is 23.2 Å². The van der Waals surface area contributed by atoms with Crippen molar-refractivity contribution in [2.75, 3.05) is 13.6 Å². The van der Waals surface area contributed by atoms with E-state index in [9.17, 15) is 9.59 Å². The lowest BCUT2D eigenvalue weighted by Gasteiger charge is -2.23. The average molecular weight is 301 g/mol. The Balaban J connectivity index is 2.28. The molecule has 1 aliphatic heterocycles. The second-order valence-electron chi connectivity index (χ2n) is 4.39. The number of rotatable bonds is 2. The molecule has 102 valence electrons. The van der Waals surface area contributed by atoms with Crippen LogP contribution in [0.2, 0.25) is 10.0 Å². The molecule has 1 atom stereocenters. The zero-order chi connectivity index (χ0) is 14.0. The van der Waals surface area contributed by atoms with Crippen LogP contribution in [0.4, 0.5) is 0 Å². The molecule has 1 aromatic carbocycles. The molecule has 0 saturated carbocycles. The molecule has 0 bridgehead atoms. The van der Waals surface area contributed by atoms with Crippen molar-refractivity contribution in [2.45, 2.75) is 18.9 Å². The maximum atomic E-state index is 12.5. The SMILES string of the molecule is CNC(=O)C1CCCN1C(=O)c1cc(Cl)ccc1Cl. The molecule has 2 rings (SSSR count). The van der Waals surface area contributed by atoms with Crippen LogP contribution in [0.15, 0.2) is 18.2 Å². The van der Waals surface area contributed by atoms with Gasteiger partial charge in [0.1, 0.15) is 6.04 Å². The fraction of sp³-hybridized carbons (Fsp3) is 0.385. The molecule has 1 fully saturated rings. The average Bonchev–Trinajstić information content (AvgIpc) is 2.89. The summed E-state index contributed by atoms with van der Waals surface area (Å²) in [7, 11) is 1.57. The van der Waals surface area contributed by atoms with Gasteiger partial charge in [0.25, 0.3) is 5.91 Å². The minimum absolute atomic E-state index is 0.149. The summed E-state index contributed by atoms with van der Waals surface area (Å²) in [5.74, 6) is -0.400. The predicted molar refractivity (Wildman–Crippen MR) is 74.6 cm³/mol. The van der Waals surface area contributed by atoms with Crippen LogP contribution in [0, 0.1) is 0 Å². The summed E-state index contributed by atoms with van der Waals surface area (Å²) in [4.78, 5) is 25.8. The topological polar surface area (TPSA) is 49.4 Å². The van der Waals surface area contributed by atoms with Crippen molar-refractivity contribution < 1.29 is 9.59 Å². The molecule has 1 N–H and O–H groups in total. The van der Waals surface area contributed by atoms with E-state index in [0.29, 0.717) is 28.6 Å². The van der Waals surface area contributed by atoms with Gasteiger partial charge in [-0.15, -0.1) is 0 Å². The second-order valence-corrected chi connectivity index (χ2v) is 5.24. The summed E-state index contributed by atoms with van der Waals surface area (Å²) >= 11 is 11.9. The molecule has 19 heavy (non-hydrogen) atoms. The van der Waals surface area contributed by atoms with E-state index >= 15 is 0 Å². The number of benzene rings is 1. The largest absolute Gasteiger partial charge is 0.357 e. The zero-order valence-corrected chi connectivity index (χ0v) is 12.0. The van der Waals surface area contributed by atoms with E-state index < -0.39 is 6.04 Å². The molecule has 0 aromatic heterocycles. The van der Waals surface area contributed by atoms with Crippen molar-refractivity contribution in [3.8, 4) is 0 Å². The number of likely N-dealkylation sites (N-methyl/N-ethyl adjacent to an activating group) is 1. The molecule has 2 amide bonds. The van der Waals surface area contributed by atoms with Gasteiger partial charge in [0, 0.05) is 18.6 Å². The van der Waals surface area contributed by atoms with Crippen molar-refractivity contribution in [3.05, 3.63) is 33.8 Å². The van der Waals surface area contributed by atoms with Gasteiger partial charge in [0.05, 0.1) is 10.6 Å². The first-order valence-corrected chi connectivity index (χ1v) is 6.78. The van der Waals surface area contributed by atoms with E-state index in [1.165, 1.54) is 6.07 Å². The lowest BCUT2D eigenvalue weighted by atomic mass is 10.1. The first-order chi connectivity index (χ1) is 9.04. The fourth-order valence-electron chi connectivity index (χ4n) is 2.27. The van der Waals surface area contributed by atoms with Crippen molar-refractivity contribution in [1.82, 2.24) is 10.2 Å². The molecule has 1 aliphatic rings. The first kappa shape index (κ1) is 14.2. The van der Waals surface area contributed by atoms with Crippen molar-refractivity contribution in [3.63, 3.8) is 0 Å². The summed E-state index contributed by atoms with van der Waals surface area (Å²) in [6.07, 6.45) is 1.48. The quantitative estimate of drug-likeness (QED) is 0.911. The van der Waals surface area contributed by atoms with E-state index in [1.807, 2.05) is 0 Å². The summed E-state index contributed by atoms with van der Waals surface area (Å²) in [5.41, 5.74) is 0.338. The molecule has 1 saturated heterocycles. The van der Waals surface area contributed by atoms with Gasteiger partial charge in [-0.25, -0.2) is 0 Å². The zero-order valence-electron chi connectivity index (χ0n) is 10.5. The molecular formula is C13H14Cl2N2O2. The Morgan fingerprint density at radius 2 is 2.11 bits per heavy atom. The van der Waals surface area contributed by atoms with Crippen LogP contribution in [0.3, 0.4) is 0 Å². The highest BCUT2D eigenvalue weighted by Crippen LogP contribution is 2.26. The first-order valence-electron chi connectivity index (χ1n) is 6.02. The van der Waals surface area contributed by atoms with Crippen molar-refractivity contribution in [1.29, 1.82) is 0 Å². The van der Waals surface area contributed by atoms with E-state index in [0.717, 1.165) is 6.42 Å². The van der Waals surface area contributed by atoms with E-state index in [4.69, 9.17) is 23.2 Å². The third-order valence-electron chi connectivity index (χ3n) is 3.22. The van der Waals surface area contributed by atoms with Crippen molar-refractivity contribution in [2.24, 2.45) is 0 Å². The molecule has 0 radical (unpaired) electrons. The number of likely N-dealkylation sites (tertiary alicyclic amines) is 1. The second kappa shape index (κ2) is 5.80. The number of nitrogens with zero attached hydrogens (tertiary/aromatic N) is 1. The summed E-state index contributed by atoms with van der Waals surface area (Å²) in [5, 5.41) is 3.37. The number of carbonyl (C=O) groups is 2. The molecule has 6 heteroatoms. The monoisotopic (exact) mass is 300 g/mol. The normalized spacial score (nSPS) is 18.5. The van der Waals surface area contributed by atoms with Gasteiger partial charge in [-0.2, -0.15) is 0 Å². The lowest BCUT2D eigenvalue weighted by molar-refractivity contribution is -0.124. The van der Waals surface area contributed by atoms with E-state index in [2.05, 4.69) is 5.32 Å². The smallest absolute Gasteiger partial charge is 0.256 e. The van der Waals surface area contributed by atoms with E-state index in [-0.39, 0.29) is 11.8 Å². The summed E-state index contributed by atoms with van der Waals surface area (Å²) < 4.78 is 0. The van der Waals surface area contributed by atoms with Crippen molar-refractivity contribution >= 4 is 35.0 Å². The lowest BCUT2D eigenvalue weighted by Crippen LogP contribution is -2.45. The van der Waals surface area contributed by atoms with Gasteiger partial charge < -0.3 is 10.2 Å². The number of hydrogen-bond acceptors (Lipinski definition) is 2. The Hall–Kier alpha value is -1.26. The molecule has 1 heterocycles. The molecule has 4 nitrogen and oxygen atoms in total. The van der Waals surface area contributed by atoms with E-state index in [1.54, 1.807) is 24.1 Å². The minimum atomic E-state index is -0.424. The highest BCUT2D eigenvalue weighted by atomic mass is 35.5. The minimum Gasteiger partial charge on any atom is -0.357 e. The molecule has 1 unspecified atom stereocenters. The molecule has 0 aliphatic carbocycles. The van der Waals surface area contributed by atoms with Gasteiger partial charge in [-0.05, 0) is 31.0 Å². The Labute approximate surface area is 121 Å². The highest BCUT2D eigenvalue weighted by molar-refractivity contribution is 6.35. The molecule has 0 spiro atoms. The fourth-order valence-corrected chi connectivity index (χ4v) is 2.64. The van der Waals surface area contributed by atoms with Crippen LogP contribution < -0.4 is 5.32 Å². The summed E-state index contributed by atoms with van der Waals surface area (Å²) in [6.45, 7) is 0.555. The number of halogens is 2. The number of amides is 2. The maximum Gasteiger partial charge on any atom is 0.256 e. The Morgan fingerprint density at radius 3 is 2.79 bits per heavy atom. The van der Waals surface area contributed by atoms with Gasteiger partial charge in [-0.1, -0.05) is 23.2 Å². The van der Waals surface area contributed by atoms with Gasteiger partial charge in [0.15, 0.2) is 0 Å². The Kier molecular flexibility index (Phi) is 4.32. The maximum absolute atomic E-state index is 12.5. The van der Waals surface area contributed by atoms with Crippen LogP contribution in [0.1, 0.15) is 23.2 Å². The number of carbonyl (C=O) groups excluding carboxylic acids is 2. The third kappa shape index (κ3) is 2.85. The molecule has 1 aromatic rings. The predicted octanol–water partition coefficient (Wildman–Crippen LogP) is 2.34. The standard InChI is InChI=1S/C13H14Cl2N2O2/c1-16-12(18)11-3-2-6-17(11)13(19)9-7-8(14)4-5-10(9)15/h4-5,7,11H,2-3,6H2,1H3,(H,16,18). The van der Waals surface area contributed by atoms with Gasteiger partial charge >= 0.3 is 0 Å². The van der Waals surface area contributed by atoms with Crippen LogP contribution in [-0.4, -0.2) is 36.3 Å². The third-order valence-corrected chi connectivity index (χ3v) is 3.79. The Bertz CT molecular complexity index is 519. The van der Waals surface area contributed by atoms with Gasteiger partial charge in [0.2, 0.25) is 5.91 Å². The highest BCUT2D eigenvalue weighted by Gasteiger charge is 2.34. The van der Waals surface area contributed by atoms with Crippen LogP contribution in [0.25, 0.3) is 0 Å². The summed E-state index contributed by atoms with van der Waals surface area (Å²) in [6, 6.07) is 4.32. The molecular weight excluding hydrogens is 287 g/mol. The van der Waals surface area contributed by atoms with Gasteiger partial charge in [-0.3, -0.25) is 9.59 Å². The number of nitrogens with one attached hydrogen (secondary N) is 1. The van der Waals surface area contributed by atoms with Crippen LogP contribution in [-0.2, 0) is 4.79 Å². The number of hydrogen-bond donors (Lipinski definition) is 1.